The zero-order valence-electron chi connectivity index (χ0n) is 15.0. The van der Waals surface area contributed by atoms with Gasteiger partial charge < -0.3 is 26.0 Å². The second-order valence-corrected chi connectivity index (χ2v) is 7.00. The molecule has 4 unspecified atom stereocenters. The second kappa shape index (κ2) is 11.4. The lowest BCUT2D eigenvalue weighted by Gasteiger charge is -2.24. The van der Waals surface area contributed by atoms with Gasteiger partial charge in [0.15, 0.2) is 0 Å². The molecule has 5 nitrogen and oxygen atoms in total. The highest BCUT2D eigenvalue weighted by Gasteiger charge is 2.15. The summed E-state index contributed by atoms with van der Waals surface area (Å²) in [6, 6.07) is 0.405. The quantitative estimate of drug-likeness (QED) is 0.523. The minimum Gasteiger partial charge on any atom is -0.381 e. The molecule has 0 aliphatic heterocycles. The highest BCUT2D eigenvalue weighted by molar-refractivity contribution is 4.72. The minimum atomic E-state index is 0.203. The minimum absolute atomic E-state index is 0.203. The van der Waals surface area contributed by atoms with Gasteiger partial charge in [-0.15, -0.1) is 0 Å². The summed E-state index contributed by atoms with van der Waals surface area (Å²) in [5.74, 6) is 0.983. The van der Waals surface area contributed by atoms with Crippen molar-refractivity contribution in [1.29, 1.82) is 0 Å². The molecule has 0 radical (unpaired) electrons. The van der Waals surface area contributed by atoms with Gasteiger partial charge in [-0.2, -0.15) is 0 Å². The first-order valence-corrected chi connectivity index (χ1v) is 8.12. The van der Waals surface area contributed by atoms with Crippen molar-refractivity contribution in [3.05, 3.63) is 0 Å². The maximum atomic E-state index is 6.17. The Morgan fingerprint density at radius 2 is 1.10 bits per heavy atom. The monoisotopic (exact) mass is 302 g/mol. The van der Waals surface area contributed by atoms with E-state index in [4.69, 9.17) is 16.2 Å². The molecule has 0 spiro atoms. The highest BCUT2D eigenvalue weighted by Crippen LogP contribution is 2.08. The van der Waals surface area contributed by atoms with E-state index in [1.165, 1.54) is 0 Å². The van der Waals surface area contributed by atoms with Crippen molar-refractivity contribution in [3.8, 4) is 0 Å². The van der Waals surface area contributed by atoms with Crippen molar-refractivity contribution < 1.29 is 4.74 Å². The van der Waals surface area contributed by atoms with Crippen LogP contribution in [0.2, 0.25) is 0 Å². The molecule has 0 aliphatic carbocycles. The van der Waals surface area contributed by atoms with Crippen LogP contribution in [0.4, 0.5) is 0 Å². The molecular weight excluding hydrogens is 264 g/mol. The van der Waals surface area contributed by atoms with Gasteiger partial charge >= 0.3 is 0 Å². The highest BCUT2D eigenvalue weighted by atomic mass is 16.5. The van der Waals surface area contributed by atoms with E-state index in [1.807, 2.05) is 0 Å². The summed E-state index contributed by atoms with van der Waals surface area (Å²) in [7, 11) is 8.32. The Balaban J connectivity index is 3.67. The zero-order chi connectivity index (χ0) is 16.4. The van der Waals surface area contributed by atoms with Crippen LogP contribution < -0.4 is 11.5 Å². The molecule has 4 atom stereocenters. The Kier molecular flexibility index (Phi) is 11.3. The van der Waals surface area contributed by atoms with Crippen LogP contribution in [-0.4, -0.2) is 76.4 Å². The van der Waals surface area contributed by atoms with Crippen molar-refractivity contribution in [2.75, 3.05) is 54.5 Å². The fraction of sp³-hybridized carbons (Fsp3) is 1.00. The maximum absolute atomic E-state index is 6.17. The standard InChI is InChI=1S/C16H38N4O/c1-13(11-19(3)4)15(17)7-9-21-10-8-16(18)14(2)12-20(5)6/h13-16H,7-12,17-18H2,1-6H3. The number of ether oxygens (including phenoxy) is 1. The van der Waals surface area contributed by atoms with Crippen LogP contribution in [0.25, 0.3) is 0 Å². The van der Waals surface area contributed by atoms with Crippen molar-refractivity contribution >= 4 is 0 Å². The van der Waals surface area contributed by atoms with Crippen LogP contribution in [0.15, 0.2) is 0 Å². The van der Waals surface area contributed by atoms with Gasteiger partial charge in [0.05, 0.1) is 0 Å². The zero-order valence-corrected chi connectivity index (χ0v) is 15.0. The maximum Gasteiger partial charge on any atom is 0.0480 e. The van der Waals surface area contributed by atoms with E-state index in [2.05, 4.69) is 51.8 Å². The fourth-order valence-electron chi connectivity index (χ4n) is 2.53. The first kappa shape index (κ1) is 20.8. The Morgan fingerprint density at radius 1 is 0.762 bits per heavy atom. The Labute approximate surface area is 132 Å². The van der Waals surface area contributed by atoms with E-state index < -0.39 is 0 Å². The summed E-state index contributed by atoms with van der Waals surface area (Å²) in [6.07, 6.45) is 1.83. The van der Waals surface area contributed by atoms with E-state index in [1.54, 1.807) is 0 Å². The van der Waals surface area contributed by atoms with Crippen LogP contribution in [0.1, 0.15) is 26.7 Å². The summed E-state index contributed by atoms with van der Waals surface area (Å²) in [5, 5.41) is 0. The summed E-state index contributed by atoms with van der Waals surface area (Å²) in [6.45, 7) is 7.90. The molecule has 0 rings (SSSR count). The second-order valence-electron chi connectivity index (χ2n) is 7.00. The molecule has 0 aromatic rings. The Bertz CT molecular complexity index is 224. The third-order valence-electron chi connectivity index (χ3n) is 3.96. The topological polar surface area (TPSA) is 67.7 Å². The van der Waals surface area contributed by atoms with E-state index in [9.17, 15) is 0 Å². The number of nitrogens with two attached hydrogens (primary N) is 2. The molecular formula is C16H38N4O. The van der Waals surface area contributed by atoms with Gasteiger partial charge in [0, 0.05) is 38.4 Å². The summed E-state index contributed by atoms with van der Waals surface area (Å²) in [5.41, 5.74) is 12.3. The SMILES string of the molecule is CC(CN(C)C)C(N)CCOCCC(N)C(C)CN(C)C. The molecule has 5 heteroatoms. The van der Waals surface area contributed by atoms with Gasteiger partial charge in [-0.3, -0.25) is 0 Å². The molecule has 0 aromatic heterocycles. The average Bonchev–Trinajstić information content (AvgIpc) is 2.36. The molecule has 0 bridgehead atoms. The lowest BCUT2D eigenvalue weighted by atomic mass is 9.99. The van der Waals surface area contributed by atoms with Crippen molar-refractivity contribution in [2.24, 2.45) is 23.3 Å². The summed E-state index contributed by atoms with van der Waals surface area (Å²) in [4.78, 5) is 4.35. The van der Waals surface area contributed by atoms with E-state index in [0.29, 0.717) is 11.8 Å². The van der Waals surface area contributed by atoms with Gasteiger partial charge in [-0.1, -0.05) is 13.8 Å². The van der Waals surface area contributed by atoms with Gasteiger partial charge in [-0.05, 0) is 52.9 Å². The largest absolute Gasteiger partial charge is 0.381 e. The van der Waals surface area contributed by atoms with Crippen molar-refractivity contribution in [1.82, 2.24) is 9.80 Å². The molecule has 0 aliphatic rings. The van der Waals surface area contributed by atoms with E-state index in [-0.39, 0.29) is 12.1 Å². The van der Waals surface area contributed by atoms with Gasteiger partial charge in [-0.25, -0.2) is 0 Å². The van der Waals surface area contributed by atoms with E-state index in [0.717, 1.165) is 39.1 Å². The molecule has 21 heavy (non-hydrogen) atoms. The smallest absolute Gasteiger partial charge is 0.0480 e. The van der Waals surface area contributed by atoms with Crippen molar-refractivity contribution in [3.63, 3.8) is 0 Å². The first-order valence-electron chi connectivity index (χ1n) is 8.12. The third kappa shape index (κ3) is 11.1. The summed E-state index contributed by atoms with van der Waals surface area (Å²) >= 11 is 0. The molecule has 4 N–H and O–H groups in total. The molecule has 0 saturated carbocycles. The van der Waals surface area contributed by atoms with Crippen LogP contribution in [0.5, 0.6) is 0 Å². The van der Waals surface area contributed by atoms with Crippen LogP contribution >= 0.6 is 0 Å². The first-order chi connectivity index (χ1) is 9.73. The molecule has 0 amide bonds. The van der Waals surface area contributed by atoms with Crippen LogP contribution in [-0.2, 0) is 4.74 Å². The molecule has 0 saturated heterocycles. The normalized spacial score (nSPS) is 18.0. The van der Waals surface area contributed by atoms with Gasteiger partial charge in [0.2, 0.25) is 0 Å². The lowest BCUT2D eigenvalue weighted by molar-refractivity contribution is 0.109. The number of hydrogen-bond acceptors (Lipinski definition) is 5. The Hall–Kier alpha value is -0.200. The van der Waals surface area contributed by atoms with Crippen molar-refractivity contribution in [2.45, 2.75) is 38.8 Å². The fourth-order valence-corrected chi connectivity index (χ4v) is 2.53. The van der Waals surface area contributed by atoms with Gasteiger partial charge in [0.1, 0.15) is 0 Å². The predicted octanol–water partition coefficient (Wildman–Crippen LogP) is 0.833. The molecule has 0 fully saturated rings. The van der Waals surface area contributed by atoms with Crippen LogP contribution in [0, 0.1) is 11.8 Å². The van der Waals surface area contributed by atoms with E-state index >= 15 is 0 Å². The molecule has 0 aromatic carbocycles. The third-order valence-corrected chi connectivity index (χ3v) is 3.96. The lowest BCUT2D eigenvalue weighted by Crippen LogP contribution is -2.37. The van der Waals surface area contributed by atoms with Crippen LogP contribution in [0.3, 0.4) is 0 Å². The number of rotatable bonds is 12. The number of hydrogen-bond donors (Lipinski definition) is 2. The van der Waals surface area contributed by atoms with Gasteiger partial charge in [0.25, 0.3) is 0 Å². The Morgan fingerprint density at radius 3 is 1.38 bits per heavy atom. The number of nitrogens with zero attached hydrogens (tertiary/aromatic N) is 2. The summed E-state index contributed by atoms with van der Waals surface area (Å²) < 4.78 is 5.70. The predicted molar refractivity (Wildman–Crippen MR) is 91.4 cm³/mol. The average molecular weight is 303 g/mol. The molecule has 0 heterocycles. The molecule has 128 valence electrons.